The third-order valence-electron chi connectivity index (χ3n) is 6.21. The standard InChI is InChI=1S/C25H25NO5/c27-22(15-31-25(30)19-13-17-9-6-10-18(14-19)23(17)28)26-21-12-5-4-11-20(21)24(29)16-7-2-1-3-8-16/h1-5,7-8,11-12,17-19H,6,9-10,13-15H2,(H,26,27)/t17-,18-/m0/s1. The molecule has 0 heterocycles. The van der Waals surface area contributed by atoms with Crippen molar-refractivity contribution in [3.63, 3.8) is 0 Å². The normalized spacial score (nSPS) is 22.5. The fraction of sp³-hybridized carbons (Fsp3) is 0.360. The highest BCUT2D eigenvalue weighted by molar-refractivity contribution is 6.13. The lowest BCUT2D eigenvalue weighted by molar-refractivity contribution is -0.155. The van der Waals surface area contributed by atoms with Crippen LogP contribution in [0.5, 0.6) is 0 Å². The number of amides is 1. The van der Waals surface area contributed by atoms with Crippen LogP contribution in [0.1, 0.15) is 48.0 Å². The summed E-state index contributed by atoms with van der Waals surface area (Å²) in [4.78, 5) is 49.9. The zero-order chi connectivity index (χ0) is 21.8. The molecule has 2 bridgehead atoms. The van der Waals surface area contributed by atoms with Gasteiger partial charge in [-0.2, -0.15) is 0 Å². The first kappa shape index (κ1) is 21.0. The van der Waals surface area contributed by atoms with Gasteiger partial charge in [-0.1, -0.05) is 48.9 Å². The van der Waals surface area contributed by atoms with Crippen molar-refractivity contribution in [3.05, 3.63) is 65.7 Å². The number of Topliss-reactive ketones (excluding diaryl/α,β-unsaturated/α-hetero) is 1. The van der Waals surface area contributed by atoms with Crippen molar-refractivity contribution in [2.45, 2.75) is 32.1 Å². The van der Waals surface area contributed by atoms with Gasteiger partial charge in [0.05, 0.1) is 11.6 Å². The van der Waals surface area contributed by atoms with E-state index in [1.807, 2.05) is 6.07 Å². The third kappa shape index (κ3) is 4.74. The Kier molecular flexibility index (Phi) is 6.26. The van der Waals surface area contributed by atoms with E-state index in [1.54, 1.807) is 48.5 Å². The highest BCUT2D eigenvalue weighted by atomic mass is 16.5. The number of anilines is 1. The second-order valence-electron chi connectivity index (χ2n) is 8.29. The number of carbonyl (C=O) groups excluding carboxylic acids is 4. The van der Waals surface area contributed by atoms with Gasteiger partial charge in [0.1, 0.15) is 5.78 Å². The van der Waals surface area contributed by atoms with Crippen LogP contribution in [-0.2, 0) is 19.1 Å². The average Bonchev–Trinajstić information content (AvgIpc) is 2.78. The van der Waals surface area contributed by atoms with Crippen LogP contribution in [-0.4, -0.2) is 30.0 Å². The molecule has 6 heteroatoms. The first-order valence-corrected chi connectivity index (χ1v) is 10.7. The van der Waals surface area contributed by atoms with E-state index in [0.29, 0.717) is 29.7 Å². The average molecular weight is 419 g/mol. The molecule has 0 saturated heterocycles. The molecule has 0 spiro atoms. The molecule has 1 N–H and O–H groups in total. The smallest absolute Gasteiger partial charge is 0.309 e. The summed E-state index contributed by atoms with van der Waals surface area (Å²) in [6, 6.07) is 15.6. The third-order valence-corrected chi connectivity index (χ3v) is 6.21. The molecule has 2 aromatic rings. The first-order chi connectivity index (χ1) is 15.0. The Balaban J connectivity index is 1.35. The molecule has 160 valence electrons. The van der Waals surface area contributed by atoms with E-state index in [4.69, 9.17) is 4.74 Å². The van der Waals surface area contributed by atoms with Gasteiger partial charge >= 0.3 is 5.97 Å². The molecule has 2 aliphatic carbocycles. The molecule has 0 radical (unpaired) electrons. The Labute approximate surface area is 181 Å². The Bertz CT molecular complexity index is 984. The zero-order valence-corrected chi connectivity index (χ0v) is 17.2. The molecule has 2 fully saturated rings. The lowest BCUT2D eigenvalue weighted by Crippen LogP contribution is -2.40. The number of nitrogens with one attached hydrogen (secondary N) is 1. The molecule has 2 aliphatic rings. The van der Waals surface area contributed by atoms with Crippen LogP contribution >= 0.6 is 0 Å². The SMILES string of the molecule is O=C(COC(=O)C1C[C@@H]2CCC[C@@H](C1)C2=O)Nc1ccccc1C(=O)c1ccccc1. The first-order valence-electron chi connectivity index (χ1n) is 10.7. The van der Waals surface area contributed by atoms with Crippen molar-refractivity contribution in [1.82, 2.24) is 0 Å². The summed E-state index contributed by atoms with van der Waals surface area (Å²) in [5.74, 6) is -1.26. The summed E-state index contributed by atoms with van der Waals surface area (Å²) in [7, 11) is 0. The number of ether oxygens (including phenoxy) is 1. The molecule has 4 rings (SSSR count). The minimum atomic E-state index is -0.506. The van der Waals surface area contributed by atoms with E-state index in [0.717, 1.165) is 19.3 Å². The van der Waals surface area contributed by atoms with Gasteiger partial charge in [0.15, 0.2) is 12.4 Å². The Morgan fingerprint density at radius 3 is 2.26 bits per heavy atom. The maximum Gasteiger partial charge on any atom is 0.309 e. The van der Waals surface area contributed by atoms with Crippen molar-refractivity contribution < 1.29 is 23.9 Å². The number of esters is 1. The second kappa shape index (κ2) is 9.25. The molecule has 2 aromatic carbocycles. The molecule has 0 aliphatic heterocycles. The summed E-state index contributed by atoms with van der Waals surface area (Å²) < 4.78 is 5.25. The van der Waals surface area contributed by atoms with Crippen molar-refractivity contribution in [1.29, 1.82) is 0 Å². The summed E-state index contributed by atoms with van der Waals surface area (Å²) in [6.45, 7) is -0.424. The van der Waals surface area contributed by atoms with Crippen LogP contribution in [0.2, 0.25) is 0 Å². The molecular weight excluding hydrogens is 394 g/mol. The van der Waals surface area contributed by atoms with Gasteiger partial charge in [0.2, 0.25) is 0 Å². The number of para-hydroxylation sites is 1. The van der Waals surface area contributed by atoms with Crippen molar-refractivity contribution >= 4 is 29.1 Å². The number of ketones is 2. The number of hydrogen-bond donors (Lipinski definition) is 1. The highest BCUT2D eigenvalue weighted by Gasteiger charge is 2.41. The quantitative estimate of drug-likeness (QED) is 0.568. The van der Waals surface area contributed by atoms with Gasteiger partial charge in [-0.15, -0.1) is 0 Å². The number of fused-ring (bicyclic) bond motifs is 2. The van der Waals surface area contributed by atoms with Crippen LogP contribution in [0.25, 0.3) is 0 Å². The maximum atomic E-state index is 12.8. The lowest BCUT2D eigenvalue weighted by atomic mass is 9.67. The lowest BCUT2D eigenvalue weighted by Gasteiger charge is -2.36. The Morgan fingerprint density at radius 1 is 0.903 bits per heavy atom. The van der Waals surface area contributed by atoms with Crippen molar-refractivity contribution in [2.24, 2.45) is 17.8 Å². The second-order valence-corrected chi connectivity index (χ2v) is 8.29. The van der Waals surface area contributed by atoms with E-state index >= 15 is 0 Å². The zero-order valence-electron chi connectivity index (χ0n) is 17.2. The van der Waals surface area contributed by atoms with Gasteiger partial charge in [0, 0.05) is 23.0 Å². The maximum absolute atomic E-state index is 12.8. The minimum absolute atomic E-state index is 0.0465. The fourth-order valence-electron chi connectivity index (χ4n) is 4.65. The van der Waals surface area contributed by atoms with Gasteiger partial charge in [-0.25, -0.2) is 0 Å². The molecular formula is C25H25NO5. The summed E-state index contributed by atoms with van der Waals surface area (Å²) in [6.07, 6.45) is 3.75. The minimum Gasteiger partial charge on any atom is -0.455 e. The molecule has 31 heavy (non-hydrogen) atoms. The molecule has 1 amide bonds. The topological polar surface area (TPSA) is 89.5 Å². The van der Waals surface area contributed by atoms with Gasteiger partial charge in [-0.3, -0.25) is 19.2 Å². The molecule has 6 nitrogen and oxygen atoms in total. The van der Waals surface area contributed by atoms with Gasteiger partial charge in [-0.05, 0) is 37.8 Å². The van der Waals surface area contributed by atoms with Crippen LogP contribution in [0, 0.1) is 17.8 Å². The monoisotopic (exact) mass is 419 g/mol. The predicted octanol–water partition coefficient (Wildman–Crippen LogP) is 3.79. The number of benzene rings is 2. The van der Waals surface area contributed by atoms with Crippen molar-refractivity contribution in [3.8, 4) is 0 Å². The van der Waals surface area contributed by atoms with Gasteiger partial charge < -0.3 is 10.1 Å². The van der Waals surface area contributed by atoms with E-state index in [9.17, 15) is 19.2 Å². The summed E-state index contributed by atoms with van der Waals surface area (Å²) in [5.41, 5.74) is 1.26. The van der Waals surface area contributed by atoms with Crippen LogP contribution in [0.15, 0.2) is 54.6 Å². The Hall–Kier alpha value is -3.28. The molecule has 2 saturated carbocycles. The fourth-order valence-corrected chi connectivity index (χ4v) is 4.65. The number of hydrogen-bond acceptors (Lipinski definition) is 5. The van der Waals surface area contributed by atoms with Crippen LogP contribution < -0.4 is 5.32 Å². The summed E-state index contributed by atoms with van der Waals surface area (Å²) >= 11 is 0. The van der Waals surface area contributed by atoms with E-state index in [2.05, 4.69) is 5.32 Å². The summed E-state index contributed by atoms with van der Waals surface area (Å²) in [5, 5.41) is 2.68. The van der Waals surface area contributed by atoms with E-state index < -0.39 is 18.5 Å². The molecule has 0 aromatic heterocycles. The van der Waals surface area contributed by atoms with E-state index in [-0.39, 0.29) is 29.3 Å². The van der Waals surface area contributed by atoms with Crippen molar-refractivity contribution in [2.75, 3.05) is 11.9 Å². The molecule has 2 atom stereocenters. The number of carbonyl (C=O) groups is 4. The Morgan fingerprint density at radius 2 is 1.55 bits per heavy atom. The van der Waals surface area contributed by atoms with E-state index in [1.165, 1.54) is 0 Å². The van der Waals surface area contributed by atoms with Crippen LogP contribution in [0.3, 0.4) is 0 Å². The van der Waals surface area contributed by atoms with Gasteiger partial charge in [0.25, 0.3) is 5.91 Å². The predicted molar refractivity (Wildman–Crippen MR) is 114 cm³/mol. The number of rotatable bonds is 6. The van der Waals surface area contributed by atoms with Crippen LogP contribution in [0.4, 0.5) is 5.69 Å². The highest BCUT2D eigenvalue weighted by Crippen LogP contribution is 2.40. The molecule has 0 unspecified atom stereocenters. The largest absolute Gasteiger partial charge is 0.455 e.